The van der Waals surface area contributed by atoms with Gasteiger partial charge in [-0.2, -0.15) is 0 Å². The van der Waals surface area contributed by atoms with E-state index in [1.165, 1.54) is 6.20 Å². The number of rotatable bonds is 2. The van der Waals surface area contributed by atoms with Crippen LogP contribution in [0.1, 0.15) is 49.6 Å². The van der Waals surface area contributed by atoms with E-state index < -0.39 is 0 Å². The lowest BCUT2D eigenvalue weighted by molar-refractivity contribution is 0.593. The third kappa shape index (κ3) is 2.54. The molecule has 0 saturated carbocycles. The van der Waals surface area contributed by atoms with E-state index in [1.807, 2.05) is 24.5 Å². The first-order valence-corrected chi connectivity index (χ1v) is 8.71. The molecule has 1 aromatic carbocycles. The third-order valence-corrected chi connectivity index (χ3v) is 5.04. The fourth-order valence-electron chi connectivity index (χ4n) is 3.67. The molecule has 3 aromatic rings. The molecule has 0 aliphatic carbocycles. The summed E-state index contributed by atoms with van der Waals surface area (Å²) in [5.74, 6) is 0.931. The molecule has 1 aliphatic heterocycles. The summed E-state index contributed by atoms with van der Waals surface area (Å²) >= 11 is 6.61. The number of pyridine rings is 1. The van der Waals surface area contributed by atoms with Crippen molar-refractivity contribution in [2.75, 3.05) is 0 Å². The molecule has 4 nitrogen and oxygen atoms in total. The molecule has 0 fully saturated rings. The van der Waals surface area contributed by atoms with Gasteiger partial charge < -0.3 is 0 Å². The van der Waals surface area contributed by atoms with Gasteiger partial charge >= 0.3 is 0 Å². The second-order valence-corrected chi connectivity index (χ2v) is 7.27. The van der Waals surface area contributed by atoms with Gasteiger partial charge in [0.2, 0.25) is 0 Å². The largest absolute Gasteiger partial charge is 0.284 e. The summed E-state index contributed by atoms with van der Waals surface area (Å²) in [6, 6.07) is 3.96. The van der Waals surface area contributed by atoms with Crippen molar-refractivity contribution < 1.29 is 4.39 Å². The molecule has 0 N–H and O–H groups in total. The lowest BCUT2D eigenvalue weighted by Gasteiger charge is -2.25. The van der Waals surface area contributed by atoms with Crippen LogP contribution in [0.15, 0.2) is 30.9 Å². The molecule has 0 amide bonds. The predicted octanol–water partition coefficient (Wildman–Crippen LogP) is 4.90. The van der Waals surface area contributed by atoms with E-state index in [2.05, 4.69) is 28.2 Å². The first-order valence-electron chi connectivity index (χ1n) is 8.33. The van der Waals surface area contributed by atoms with Crippen molar-refractivity contribution in [2.45, 2.75) is 39.0 Å². The fourth-order valence-corrected chi connectivity index (χ4v) is 4.00. The molecule has 128 valence electrons. The molecule has 0 spiro atoms. The van der Waals surface area contributed by atoms with Gasteiger partial charge in [0, 0.05) is 23.2 Å². The van der Waals surface area contributed by atoms with Gasteiger partial charge in [-0.15, -0.1) is 10.2 Å². The number of benzene rings is 1. The standard InChI is InChI=1S/C19H18ClFN4/c1-10(2)17-14(7-22-8-16(17)21)12-5-13-4-11(3)19-24-23-9-25(19)18(13)15(20)6-12/h5-11H,4H2,1-3H3. The Morgan fingerprint density at radius 1 is 1.28 bits per heavy atom. The smallest absolute Gasteiger partial charge is 0.145 e. The van der Waals surface area contributed by atoms with Crippen LogP contribution in [0.2, 0.25) is 5.02 Å². The topological polar surface area (TPSA) is 43.6 Å². The van der Waals surface area contributed by atoms with Crippen LogP contribution in [0.4, 0.5) is 4.39 Å². The highest BCUT2D eigenvalue weighted by Gasteiger charge is 2.26. The van der Waals surface area contributed by atoms with Crippen molar-refractivity contribution in [1.82, 2.24) is 19.7 Å². The highest BCUT2D eigenvalue weighted by molar-refractivity contribution is 6.33. The SMILES string of the molecule is CC(C)c1c(F)cncc1-c1cc(Cl)c2c(c1)CC(C)c1nncn1-2. The molecule has 1 atom stereocenters. The second-order valence-electron chi connectivity index (χ2n) is 6.87. The fraction of sp³-hybridized carbons (Fsp3) is 0.316. The van der Waals surface area contributed by atoms with Gasteiger partial charge in [-0.3, -0.25) is 9.55 Å². The lowest BCUT2D eigenvalue weighted by Crippen LogP contribution is -2.16. The zero-order valence-corrected chi connectivity index (χ0v) is 15.0. The van der Waals surface area contributed by atoms with Crippen LogP contribution in [0, 0.1) is 5.82 Å². The van der Waals surface area contributed by atoms with Crippen LogP contribution in [0.25, 0.3) is 16.8 Å². The highest BCUT2D eigenvalue weighted by atomic mass is 35.5. The average molecular weight is 357 g/mol. The van der Waals surface area contributed by atoms with Crippen molar-refractivity contribution in [3.05, 3.63) is 58.6 Å². The van der Waals surface area contributed by atoms with Crippen LogP contribution in [0.5, 0.6) is 0 Å². The summed E-state index contributed by atoms with van der Waals surface area (Å²) in [6.45, 7) is 6.08. The Morgan fingerprint density at radius 2 is 2.08 bits per heavy atom. The number of aromatic nitrogens is 4. The summed E-state index contributed by atoms with van der Waals surface area (Å²) in [5.41, 5.74) is 4.38. The normalized spacial score (nSPS) is 16.0. The Labute approximate surface area is 150 Å². The molecule has 1 aliphatic rings. The molecule has 0 saturated heterocycles. The Balaban J connectivity index is 1.93. The summed E-state index contributed by atoms with van der Waals surface area (Å²) in [6.07, 6.45) is 5.50. The van der Waals surface area contributed by atoms with Gasteiger partial charge in [-0.1, -0.05) is 32.4 Å². The molecule has 0 bridgehead atoms. The second kappa shape index (κ2) is 5.92. The van der Waals surface area contributed by atoms with Crippen LogP contribution in [0.3, 0.4) is 0 Å². The van der Waals surface area contributed by atoms with E-state index in [1.54, 1.807) is 12.5 Å². The molecule has 2 aromatic heterocycles. The van der Waals surface area contributed by atoms with E-state index in [4.69, 9.17) is 11.6 Å². The van der Waals surface area contributed by atoms with Gasteiger partial charge in [0.1, 0.15) is 18.0 Å². The molecule has 25 heavy (non-hydrogen) atoms. The minimum absolute atomic E-state index is 0.0520. The maximum Gasteiger partial charge on any atom is 0.145 e. The van der Waals surface area contributed by atoms with E-state index in [0.717, 1.165) is 34.6 Å². The minimum atomic E-state index is -0.282. The quantitative estimate of drug-likeness (QED) is 0.655. The Kier molecular flexibility index (Phi) is 3.84. The van der Waals surface area contributed by atoms with E-state index in [-0.39, 0.29) is 17.7 Å². The predicted molar refractivity (Wildman–Crippen MR) is 95.8 cm³/mol. The number of hydrogen-bond acceptors (Lipinski definition) is 3. The van der Waals surface area contributed by atoms with Crippen LogP contribution in [-0.2, 0) is 6.42 Å². The molecule has 6 heteroatoms. The third-order valence-electron chi connectivity index (χ3n) is 4.75. The monoisotopic (exact) mass is 356 g/mol. The van der Waals surface area contributed by atoms with Crippen LogP contribution >= 0.6 is 11.6 Å². The Bertz CT molecular complexity index is 964. The highest BCUT2D eigenvalue weighted by Crippen LogP contribution is 2.40. The van der Waals surface area contributed by atoms with Gasteiger partial charge in [0.15, 0.2) is 0 Å². The van der Waals surface area contributed by atoms with Crippen molar-refractivity contribution >= 4 is 11.6 Å². The van der Waals surface area contributed by atoms with Crippen LogP contribution < -0.4 is 0 Å². The molecule has 0 radical (unpaired) electrons. The summed E-state index contributed by atoms with van der Waals surface area (Å²) in [4.78, 5) is 4.04. The molecule has 3 heterocycles. The summed E-state index contributed by atoms with van der Waals surface area (Å²) in [5, 5.41) is 8.83. The summed E-state index contributed by atoms with van der Waals surface area (Å²) < 4.78 is 16.3. The van der Waals surface area contributed by atoms with Crippen molar-refractivity contribution in [1.29, 1.82) is 0 Å². The van der Waals surface area contributed by atoms with Gasteiger partial charge in [0.25, 0.3) is 0 Å². The van der Waals surface area contributed by atoms with Gasteiger partial charge in [0.05, 0.1) is 16.9 Å². The van der Waals surface area contributed by atoms with Crippen LogP contribution in [-0.4, -0.2) is 19.7 Å². The number of halogens is 2. The first kappa shape index (κ1) is 16.2. The molecule has 1 unspecified atom stereocenters. The summed E-state index contributed by atoms with van der Waals surface area (Å²) in [7, 11) is 0. The van der Waals surface area contributed by atoms with E-state index >= 15 is 0 Å². The van der Waals surface area contributed by atoms with Crippen molar-refractivity contribution in [3.8, 4) is 16.8 Å². The van der Waals surface area contributed by atoms with E-state index in [9.17, 15) is 4.39 Å². The first-order chi connectivity index (χ1) is 12.0. The van der Waals surface area contributed by atoms with Gasteiger partial charge in [-0.05, 0) is 35.6 Å². The lowest BCUT2D eigenvalue weighted by atomic mass is 9.89. The van der Waals surface area contributed by atoms with Gasteiger partial charge in [-0.25, -0.2) is 4.39 Å². The number of hydrogen-bond donors (Lipinski definition) is 0. The zero-order chi connectivity index (χ0) is 17.7. The Hall–Kier alpha value is -2.27. The maximum atomic E-state index is 14.3. The molecular formula is C19H18ClFN4. The Morgan fingerprint density at radius 3 is 2.84 bits per heavy atom. The molecular weight excluding hydrogens is 339 g/mol. The number of fused-ring (bicyclic) bond motifs is 3. The minimum Gasteiger partial charge on any atom is -0.284 e. The zero-order valence-electron chi connectivity index (χ0n) is 14.3. The average Bonchev–Trinajstić information content (AvgIpc) is 3.03. The maximum absolute atomic E-state index is 14.3. The number of nitrogens with zero attached hydrogens (tertiary/aromatic N) is 4. The van der Waals surface area contributed by atoms with E-state index in [0.29, 0.717) is 10.6 Å². The molecule has 4 rings (SSSR count). The van der Waals surface area contributed by atoms with Crippen molar-refractivity contribution in [3.63, 3.8) is 0 Å². The van der Waals surface area contributed by atoms with Crippen molar-refractivity contribution in [2.24, 2.45) is 0 Å².